The summed E-state index contributed by atoms with van der Waals surface area (Å²) < 4.78 is 0. The molecule has 3 nitrogen and oxygen atoms in total. The van der Waals surface area contributed by atoms with Crippen LogP contribution in [0.4, 0.5) is 0 Å². The zero-order valence-corrected chi connectivity index (χ0v) is 9.95. The molecule has 0 spiro atoms. The van der Waals surface area contributed by atoms with Crippen molar-refractivity contribution in [2.24, 2.45) is 5.92 Å². The van der Waals surface area contributed by atoms with Gasteiger partial charge in [0.15, 0.2) is 0 Å². The lowest BCUT2D eigenvalue weighted by Crippen LogP contribution is -2.46. The van der Waals surface area contributed by atoms with Gasteiger partial charge in [-0.3, -0.25) is 4.79 Å². The lowest BCUT2D eigenvalue weighted by atomic mass is 9.84. The molecule has 0 radical (unpaired) electrons. The molecule has 1 N–H and O–H groups in total. The van der Waals surface area contributed by atoms with E-state index in [1.807, 2.05) is 0 Å². The number of rotatable bonds is 4. The highest BCUT2D eigenvalue weighted by atomic mass is 16.2. The van der Waals surface area contributed by atoms with Gasteiger partial charge in [0.05, 0.1) is 0 Å². The number of nitrogens with one attached hydrogen (secondary N) is 1. The molecule has 1 amide bonds. The first kappa shape index (κ1) is 10.6. The van der Waals surface area contributed by atoms with E-state index >= 15 is 0 Å². The fraction of sp³-hybridized carbons (Fsp3) is 0.923. The average Bonchev–Trinajstić information content (AvgIpc) is 2.90. The van der Waals surface area contributed by atoms with Crippen LogP contribution in [0.15, 0.2) is 0 Å². The summed E-state index contributed by atoms with van der Waals surface area (Å²) >= 11 is 0. The second-order valence-electron chi connectivity index (χ2n) is 5.64. The number of hydrogen-bond donors (Lipinski definition) is 1. The molecule has 3 rings (SSSR count). The average molecular weight is 222 g/mol. The second kappa shape index (κ2) is 4.36. The van der Waals surface area contributed by atoms with Gasteiger partial charge in [-0.15, -0.1) is 0 Å². The van der Waals surface area contributed by atoms with E-state index in [0.29, 0.717) is 23.9 Å². The minimum absolute atomic E-state index is 0.377. The predicted molar refractivity (Wildman–Crippen MR) is 63.1 cm³/mol. The molecule has 0 bridgehead atoms. The van der Waals surface area contributed by atoms with Crippen LogP contribution in [0.3, 0.4) is 0 Å². The Morgan fingerprint density at radius 2 is 1.94 bits per heavy atom. The maximum Gasteiger partial charge on any atom is 0.225 e. The molecule has 3 heteroatoms. The van der Waals surface area contributed by atoms with Gasteiger partial charge < -0.3 is 10.2 Å². The van der Waals surface area contributed by atoms with Crippen LogP contribution in [0, 0.1) is 5.92 Å². The van der Waals surface area contributed by atoms with Crippen molar-refractivity contribution in [2.75, 3.05) is 13.1 Å². The van der Waals surface area contributed by atoms with Crippen LogP contribution in [0.1, 0.15) is 44.9 Å². The maximum atomic E-state index is 12.3. The van der Waals surface area contributed by atoms with Gasteiger partial charge in [0.2, 0.25) is 5.91 Å². The predicted octanol–water partition coefficient (Wildman–Crippen LogP) is 1.53. The van der Waals surface area contributed by atoms with Crippen LogP contribution in [0.25, 0.3) is 0 Å². The Hall–Kier alpha value is -0.570. The van der Waals surface area contributed by atoms with Gasteiger partial charge >= 0.3 is 0 Å². The quantitative estimate of drug-likeness (QED) is 0.782. The van der Waals surface area contributed by atoms with Gasteiger partial charge in [-0.05, 0) is 45.1 Å². The summed E-state index contributed by atoms with van der Waals surface area (Å²) in [7, 11) is 0. The number of hydrogen-bond acceptors (Lipinski definition) is 2. The smallest absolute Gasteiger partial charge is 0.225 e. The van der Waals surface area contributed by atoms with Crippen molar-refractivity contribution >= 4 is 5.91 Å². The van der Waals surface area contributed by atoms with E-state index in [9.17, 15) is 4.79 Å². The first-order valence-corrected chi connectivity index (χ1v) is 6.88. The molecule has 3 fully saturated rings. The van der Waals surface area contributed by atoms with Crippen LogP contribution < -0.4 is 5.32 Å². The summed E-state index contributed by atoms with van der Waals surface area (Å²) in [5.74, 6) is 0.837. The fourth-order valence-corrected chi connectivity index (χ4v) is 2.84. The van der Waals surface area contributed by atoms with Crippen molar-refractivity contribution < 1.29 is 4.79 Å². The normalized spacial score (nSPS) is 30.1. The monoisotopic (exact) mass is 222 g/mol. The third-order valence-electron chi connectivity index (χ3n) is 4.30. The van der Waals surface area contributed by atoms with Crippen molar-refractivity contribution in [3.8, 4) is 0 Å². The van der Waals surface area contributed by atoms with Gasteiger partial charge in [-0.2, -0.15) is 0 Å². The highest BCUT2D eigenvalue weighted by Crippen LogP contribution is 2.34. The van der Waals surface area contributed by atoms with Crippen LogP contribution in [0.2, 0.25) is 0 Å². The summed E-state index contributed by atoms with van der Waals surface area (Å²) in [4.78, 5) is 14.5. The Bertz CT molecular complexity index is 265. The number of nitrogens with zero attached hydrogens (tertiary/aromatic N) is 1. The Morgan fingerprint density at radius 3 is 2.44 bits per heavy atom. The van der Waals surface area contributed by atoms with Crippen LogP contribution >= 0.6 is 0 Å². The van der Waals surface area contributed by atoms with Crippen molar-refractivity contribution in [1.29, 1.82) is 0 Å². The van der Waals surface area contributed by atoms with Crippen molar-refractivity contribution in [3.05, 3.63) is 0 Å². The third kappa shape index (κ3) is 2.10. The van der Waals surface area contributed by atoms with Gasteiger partial charge in [0, 0.05) is 24.5 Å². The minimum Gasteiger partial charge on any atom is -0.338 e. The topological polar surface area (TPSA) is 32.3 Å². The van der Waals surface area contributed by atoms with Crippen LogP contribution in [0.5, 0.6) is 0 Å². The summed E-state index contributed by atoms with van der Waals surface area (Å²) in [6, 6.07) is 1.17. The van der Waals surface area contributed by atoms with Gasteiger partial charge in [0.1, 0.15) is 0 Å². The Labute approximate surface area is 97.6 Å². The van der Waals surface area contributed by atoms with E-state index in [1.165, 1.54) is 32.1 Å². The van der Waals surface area contributed by atoms with E-state index in [0.717, 1.165) is 25.9 Å². The molecule has 0 aromatic heterocycles. The van der Waals surface area contributed by atoms with E-state index in [4.69, 9.17) is 0 Å². The molecule has 1 saturated heterocycles. The highest BCUT2D eigenvalue weighted by molar-refractivity contribution is 5.80. The molecule has 1 aliphatic heterocycles. The molecule has 0 aromatic carbocycles. The Balaban J connectivity index is 1.58. The Morgan fingerprint density at radius 1 is 1.12 bits per heavy atom. The largest absolute Gasteiger partial charge is 0.338 e. The maximum absolute atomic E-state index is 12.3. The van der Waals surface area contributed by atoms with Crippen molar-refractivity contribution in [1.82, 2.24) is 10.2 Å². The SMILES string of the molecule is O=C(C1CCC1)N(CC1CCCN1)C1CC1. The minimum atomic E-state index is 0.377. The van der Waals surface area contributed by atoms with E-state index in [2.05, 4.69) is 10.2 Å². The molecule has 1 heterocycles. The van der Waals surface area contributed by atoms with Gasteiger partial charge in [-0.1, -0.05) is 6.42 Å². The summed E-state index contributed by atoms with van der Waals surface area (Å²) in [5.41, 5.74) is 0. The molecule has 1 unspecified atom stereocenters. The number of amides is 1. The summed E-state index contributed by atoms with van der Waals surface area (Å²) in [6.45, 7) is 2.11. The molecular weight excluding hydrogens is 200 g/mol. The molecular formula is C13H22N2O. The van der Waals surface area contributed by atoms with Crippen molar-refractivity contribution in [3.63, 3.8) is 0 Å². The van der Waals surface area contributed by atoms with E-state index < -0.39 is 0 Å². The lowest BCUT2D eigenvalue weighted by molar-refractivity contribution is -0.139. The molecule has 2 saturated carbocycles. The summed E-state index contributed by atoms with van der Waals surface area (Å²) in [6.07, 6.45) is 8.55. The van der Waals surface area contributed by atoms with E-state index in [1.54, 1.807) is 0 Å². The fourth-order valence-electron chi connectivity index (χ4n) is 2.84. The third-order valence-corrected chi connectivity index (χ3v) is 4.30. The first-order chi connectivity index (χ1) is 7.84. The van der Waals surface area contributed by atoms with E-state index in [-0.39, 0.29) is 0 Å². The lowest BCUT2D eigenvalue weighted by Gasteiger charge is -2.33. The molecule has 3 aliphatic rings. The number of carbonyl (C=O) groups is 1. The molecule has 16 heavy (non-hydrogen) atoms. The van der Waals surface area contributed by atoms with Crippen LogP contribution in [-0.4, -0.2) is 36.0 Å². The summed E-state index contributed by atoms with van der Waals surface area (Å²) in [5, 5.41) is 3.51. The molecule has 2 aliphatic carbocycles. The zero-order valence-electron chi connectivity index (χ0n) is 9.95. The molecule has 0 aromatic rings. The second-order valence-corrected chi connectivity index (χ2v) is 5.64. The first-order valence-electron chi connectivity index (χ1n) is 6.88. The van der Waals surface area contributed by atoms with Crippen LogP contribution in [-0.2, 0) is 4.79 Å². The standard InChI is InChI=1S/C13H22N2O/c16-13(10-3-1-4-10)15(12-6-7-12)9-11-5-2-8-14-11/h10-12,14H,1-9H2. The Kier molecular flexibility index (Phi) is 2.88. The zero-order chi connectivity index (χ0) is 11.0. The van der Waals surface area contributed by atoms with Crippen molar-refractivity contribution in [2.45, 2.75) is 57.0 Å². The van der Waals surface area contributed by atoms with Gasteiger partial charge in [0.25, 0.3) is 0 Å². The number of carbonyl (C=O) groups excluding carboxylic acids is 1. The molecule has 90 valence electrons. The highest BCUT2D eigenvalue weighted by Gasteiger charge is 2.38. The molecule has 1 atom stereocenters. The van der Waals surface area contributed by atoms with Gasteiger partial charge in [-0.25, -0.2) is 0 Å².